The van der Waals surface area contributed by atoms with Gasteiger partial charge in [-0.15, -0.1) is 0 Å². The molecule has 1 aromatic carbocycles. The van der Waals surface area contributed by atoms with Crippen LogP contribution < -0.4 is 0 Å². The lowest BCUT2D eigenvalue weighted by Gasteiger charge is -2.10. The molecule has 0 aliphatic heterocycles. The summed E-state index contributed by atoms with van der Waals surface area (Å²) in [4.78, 5) is 11.5. The molecule has 0 N–H and O–H groups in total. The molecule has 0 heterocycles. The van der Waals surface area contributed by atoms with Gasteiger partial charge < -0.3 is 9.47 Å². The molecule has 3 nitrogen and oxygen atoms in total. The third kappa shape index (κ3) is 5.30. The van der Waals surface area contributed by atoms with Crippen LogP contribution in [0.5, 0.6) is 0 Å². The summed E-state index contributed by atoms with van der Waals surface area (Å²) in [6.07, 6.45) is -4.47. The van der Waals surface area contributed by atoms with E-state index in [1.54, 1.807) is 0 Å². The Balaban J connectivity index is 2.58. The van der Waals surface area contributed by atoms with E-state index in [4.69, 9.17) is 9.47 Å². The van der Waals surface area contributed by atoms with Crippen molar-refractivity contribution in [1.82, 2.24) is 0 Å². The van der Waals surface area contributed by atoms with Crippen molar-refractivity contribution in [2.75, 3.05) is 13.2 Å². The molecule has 0 aliphatic rings. The van der Waals surface area contributed by atoms with Gasteiger partial charge in [0.25, 0.3) is 0 Å². The van der Waals surface area contributed by atoms with Crippen molar-refractivity contribution in [3.63, 3.8) is 0 Å². The van der Waals surface area contributed by atoms with Gasteiger partial charge in [-0.05, 0) is 32.0 Å². The van der Waals surface area contributed by atoms with E-state index in [2.05, 4.69) is 0 Å². The molecule has 0 bridgehead atoms. The predicted molar refractivity (Wildman–Crippen MR) is 62.8 cm³/mol. The summed E-state index contributed by atoms with van der Waals surface area (Å²) in [6, 6.07) is 4.12. The fourth-order valence-corrected chi connectivity index (χ4v) is 1.32. The summed E-state index contributed by atoms with van der Waals surface area (Å²) in [7, 11) is 0. The number of esters is 1. The van der Waals surface area contributed by atoms with Gasteiger partial charge in [0.15, 0.2) is 0 Å². The summed E-state index contributed by atoms with van der Waals surface area (Å²) in [5.41, 5.74) is -1.00. The van der Waals surface area contributed by atoms with E-state index in [1.165, 1.54) is 12.1 Å². The molecule has 0 atom stereocenters. The van der Waals surface area contributed by atoms with Crippen LogP contribution in [0.15, 0.2) is 24.3 Å². The molecule has 106 valence electrons. The monoisotopic (exact) mass is 276 g/mol. The largest absolute Gasteiger partial charge is 0.460 e. The molecule has 1 rings (SSSR count). The smallest absolute Gasteiger partial charge is 0.416 e. The van der Waals surface area contributed by atoms with Gasteiger partial charge in [-0.25, -0.2) is 4.79 Å². The molecule has 0 aliphatic carbocycles. The minimum Gasteiger partial charge on any atom is -0.460 e. The molecule has 0 saturated carbocycles. The molecule has 1 aromatic rings. The number of alkyl halides is 3. The van der Waals surface area contributed by atoms with Crippen LogP contribution in [0.1, 0.15) is 29.8 Å². The zero-order valence-corrected chi connectivity index (χ0v) is 10.7. The highest BCUT2D eigenvalue weighted by molar-refractivity contribution is 5.89. The first kappa shape index (κ1) is 15.5. The van der Waals surface area contributed by atoms with Gasteiger partial charge in [-0.1, -0.05) is 6.07 Å². The Morgan fingerprint density at radius 1 is 1.26 bits per heavy atom. The minimum absolute atomic E-state index is 0.00672. The van der Waals surface area contributed by atoms with Crippen LogP contribution in [0.25, 0.3) is 0 Å². The lowest BCUT2D eigenvalue weighted by molar-refractivity contribution is -0.137. The summed E-state index contributed by atoms with van der Waals surface area (Å²) in [5.74, 6) is -0.793. The maximum absolute atomic E-state index is 12.5. The molecule has 0 saturated heterocycles. The number of ether oxygens (including phenoxy) is 2. The summed E-state index contributed by atoms with van der Waals surface area (Å²) >= 11 is 0. The van der Waals surface area contributed by atoms with Crippen molar-refractivity contribution in [2.45, 2.75) is 26.1 Å². The number of carbonyl (C=O) groups excluding carboxylic acids is 1. The van der Waals surface area contributed by atoms with Crippen molar-refractivity contribution in [2.24, 2.45) is 0 Å². The second-order valence-corrected chi connectivity index (χ2v) is 4.13. The van der Waals surface area contributed by atoms with Crippen LogP contribution in [0.2, 0.25) is 0 Å². The SMILES string of the molecule is CC(C)OCCOC(=O)c1cccc(C(F)(F)F)c1. The molecule has 0 fully saturated rings. The van der Waals surface area contributed by atoms with Gasteiger partial charge in [0.05, 0.1) is 23.8 Å². The fraction of sp³-hybridized carbons (Fsp3) is 0.462. The maximum Gasteiger partial charge on any atom is 0.416 e. The second kappa shape index (κ2) is 6.56. The zero-order valence-electron chi connectivity index (χ0n) is 10.7. The maximum atomic E-state index is 12.5. The van der Waals surface area contributed by atoms with Gasteiger partial charge >= 0.3 is 12.1 Å². The van der Waals surface area contributed by atoms with Crippen LogP contribution >= 0.6 is 0 Å². The van der Waals surface area contributed by atoms with E-state index in [-0.39, 0.29) is 24.9 Å². The number of halogens is 3. The molecule has 0 aromatic heterocycles. The summed E-state index contributed by atoms with van der Waals surface area (Å²) in [6.45, 7) is 3.87. The van der Waals surface area contributed by atoms with E-state index in [9.17, 15) is 18.0 Å². The molecule has 0 amide bonds. The average molecular weight is 276 g/mol. The molecule has 0 radical (unpaired) electrons. The fourth-order valence-electron chi connectivity index (χ4n) is 1.32. The van der Waals surface area contributed by atoms with E-state index >= 15 is 0 Å². The Morgan fingerprint density at radius 3 is 2.53 bits per heavy atom. The van der Waals surface area contributed by atoms with Gasteiger partial charge in [0, 0.05) is 0 Å². The van der Waals surface area contributed by atoms with E-state index in [0.29, 0.717) is 0 Å². The van der Waals surface area contributed by atoms with Crippen LogP contribution in [0, 0.1) is 0 Å². The van der Waals surface area contributed by atoms with Crippen LogP contribution in [0.4, 0.5) is 13.2 Å². The zero-order chi connectivity index (χ0) is 14.5. The summed E-state index contributed by atoms with van der Waals surface area (Å²) < 4.78 is 47.3. The third-order valence-electron chi connectivity index (χ3n) is 2.19. The molecule has 0 unspecified atom stereocenters. The molecule has 19 heavy (non-hydrogen) atoms. The van der Waals surface area contributed by atoms with Crippen LogP contribution in [0.3, 0.4) is 0 Å². The van der Waals surface area contributed by atoms with Crippen molar-refractivity contribution in [3.8, 4) is 0 Å². The van der Waals surface area contributed by atoms with E-state index in [0.717, 1.165) is 12.1 Å². The number of hydrogen-bond donors (Lipinski definition) is 0. The lowest BCUT2D eigenvalue weighted by atomic mass is 10.1. The molecule has 0 spiro atoms. The normalized spacial score (nSPS) is 11.7. The predicted octanol–water partition coefficient (Wildman–Crippen LogP) is 3.29. The first-order chi connectivity index (χ1) is 8.80. The second-order valence-electron chi connectivity index (χ2n) is 4.13. The highest BCUT2D eigenvalue weighted by Crippen LogP contribution is 2.29. The minimum atomic E-state index is -4.48. The molecule has 6 heteroatoms. The number of hydrogen-bond acceptors (Lipinski definition) is 3. The Labute approximate surface area is 109 Å². The Morgan fingerprint density at radius 2 is 1.95 bits per heavy atom. The van der Waals surface area contributed by atoms with Gasteiger partial charge in [-0.3, -0.25) is 0 Å². The summed E-state index contributed by atoms with van der Waals surface area (Å²) in [5, 5.41) is 0. The van der Waals surface area contributed by atoms with Crippen molar-refractivity contribution < 1.29 is 27.4 Å². The first-order valence-corrected chi connectivity index (χ1v) is 5.76. The average Bonchev–Trinajstić information content (AvgIpc) is 2.33. The standard InChI is InChI=1S/C13H15F3O3/c1-9(2)18-6-7-19-12(17)10-4-3-5-11(8-10)13(14,15)16/h3-5,8-9H,6-7H2,1-2H3. The lowest BCUT2D eigenvalue weighted by Crippen LogP contribution is -2.14. The quantitative estimate of drug-likeness (QED) is 0.611. The van der Waals surface area contributed by atoms with Crippen molar-refractivity contribution in [3.05, 3.63) is 35.4 Å². The highest BCUT2D eigenvalue weighted by atomic mass is 19.4. The Hall–Kier alpha value is -1.56. The number of rotatable bonds is 5. The highest BCUT2D eigenvalue weighted by Gasteiger charge is 2.31. The van der Waals surface area contributed by atoms with Crippen LogP contribution in [-0.4, -0.2) is 25.3 Å². The molecular formula is C13H15F3O3. The Bertz CT molecular complexity index is 427. The topological polar surface area (TPSA) is 35.5 Å². The van der Waals surface area contributed by atoms with Crippen molar-refractivity contribution in [1.29, 1.82) is 0 Å². The third-order valence-corrected chi connectivity index (χ3v) is 2.19. The number of benzene rings is 1. The van der Waals surface area contributed by atoms with E-state index < -0.39 is 17.7 Å². The van der Waals surface area contributed by atoms with E-state index in [1.807, 2.05) is 13.8 Å². The molecular weight excluding hydrogens is 261 g/mol. The first-order valence-electron chi connectivity index (χ1n) is 5.76. The van der Waals surface area contributed by atoms with Gasteiger partial charge in [-0.2, -0.15) is 13.2 Å². The van der Waals surface area contributed by atoms with Gasteiger partial charge in [0.1, 0.15) is 6.61 Å². The number of carbonyl (C=O) groups is 1. The van der Waals surface area contributed by atoms with Crippen LogP contribution in [-0.2, 0) is 15.7 Å². The van der Waals surface area contributed by atoms with Gasteiger partial charge in [0.2, 0.25) is 0 Å². The van der Waals surface area contributed by atoms with Crippen molar-refractivity contribution >= 4 is 5.97 Å². The Kier molecular flexibility index (Phi) is 5.35.